The van der Waals surface area contributed by atoms with E-state index in [-0.39, 0.29) is 17.5 Å². The molecule has 1 N–H and O–H groups in total. The van der Waals surface area contributed by atoms with E-state index in [0.29, 0.717) is 21.3 Å². The second kappa shape index (κ2) is 10.3. The average molecular weight is 552 g/mol. The van der Waals surface area contributed by atoms with Crippen LogP contribution >= 0.6 is 34.8 Å². The Morgan fingerprint density at radius 3 is 2.46 bits per heavy atom. The van der Waals surface area contributed by atoms with Gasteiger partial charge in [-0.2, -0.15) is 5.10 Å². The summed E-state index contributed by atoms with van der Waals surface area (Å²) < 4.78 is 60.0. The minimum absolute atomic E-state index is 0.00939. The minimum Gasteiger partial charge on any atom is -0.454 e. The van der Waals surface area contributed by atoms with Gasteiger partial charge in [-0.3, -0.25) is 14.8 Å². The molecule has 0 fully saturated rings. The number of nitrogens with one attached hydrogen (secondary N) is 1. The highest BCUT2D eigenvalue weighted by atomic mass is 35.5. The molecule has 0 saturated carbocycles. The summed E-state index contributed by atoms with van der Waals surface area (Å²) in [5.74, 6) is -0.917. The molecule has 0 spiro atoms. The number of carbonyl (C=O) groups is 1. The summed E-state index contributed by atoms with van der Waals surface area (Å²) in [7, 11) is 0. The molecule has 3 aromatic heterocycles. The van der Waals surface area contributed by atoms with Crippen molar-refractivity contribution in [3.63, 3.8) is 0 Å². The van der Waals surface area contributed by atoms with Crippen molar-refractivity contribution < 1.29 is 26.8 Å². The van der Waals surface area contributed by atoms with E-state index in [1.165, 1.54) is 23.1 Å². The lowest BCUT2D eigenvalue weighted by Gasteiger charge is -2.05. The normalized spacial score (nSPS) is 11.6. The Labute approximate surface area is 209 Å². The van der Waals surface area contributed by atoms with E-state index in [9.17, 15) is 22.4 Å². The SMILES string of the molecule is O=C(Nc1ncn(Cc2ccc(Cl)c(Cl)c2)n1)c1ccc(Cn2nc(C(F)F)c(Cl)c2C(F)F)o1. The molecule has 4 rings (SSSR count). The Morgan fingerprint density at radius 1 is 1.00 bits per heavy atom. The quantitative estimate of drug-likeness (QED) is 0.261. The van der Waals surface area contributed by atoms with Crippen molar-refractivity contribution in [3.8, 4) is 0 Å². The number of aromatic nitrogens is 5. The molecule has 1 amide bonds. The number of anilines is 1. The van der Waals surface area contributed by atoms with Crippen molar-refractivity contribution in [2.45, 2.75) is 25.9 Å². The van der Waals surface area contributed by atoms with Gasteiger partial charge >= 0.3 is 0 Å². The van der Waals surface area contributed by atoms with Crippen LogP contribution in [0.2, 0.25) is 15.1 Å². The summed E-state index contributed by atoms with van der Waals surface area (Å²) in [4.78, 5) is 16.5. The molecule has 0 unspecified atom stereocenters. The van der Waals surface area contributed by atoms with Crippen LogP contribution in [0.1, 0.15) is 46.1 Å². The standard InChI is InChI=1S/C20H13Cl3F4N6O2/c21-11-3-1-9(5-12(11)22)6-32-8-28-20(31-32)29-19(34)13-4-2-10(35-13)7-33-16(18(26)27)14(23)15(30-33)17(24)25/h1-5,8,17-18H,6-7H2,(H,29,31,34). The number of hydrogen-bond acceptors (Lipinski definition) is 5. The van der Waals surface area contributed by atoms with Gasteiger partial charge in [-0.05, 0) is 29.8 Å². The van der Waals surface area contributed by atoms with Gasteiger partial charge < -0.3 is 4.42 Å². The molecule has 0 aliphatic carbocycles. The van der Waals surface area contributed by atoms with Crippen LogP contribution in [-0.2, 0) is 13.1 Å². The maximum atomic E-state index is 13.3. The largest absolute Gasteiger partial charge is 0.454 e. The molecule has 35 heavy (non-hydrogen) atoms. The van der Waals surface area contributed by atoms with E-state index in [2.05, 4.69) is 20.5 Å². The number of alkyl halides is 4. The van der Waals surface area contributed by atoms with E-state index < -0.39 is 41.7 Å². The van der Waals surface area contributed by atoms with Gasteiger partial charge in [0.25, 0.3) is 18.8 Å². The van der Waals surface area contributed by atoms with Crippen molar-refractivity contribution in [3.05, 3.63) is 80.2 Å². The van der Waals surface area contributed by atoms with Gasteiger partial charge in [-0.15, -0.1) is 5.10 Å². The Balaban J connectivity index is 1.43. The predicted molar refractivity (Wildman–Crippen MR) is 119 cm³/mol. The third kappa shape index (κ3) is 5.60. The smallest absolute Gasteiger partial charge is 0.293 e. The molecule has 0 radical (unpaired) electrons. The zero-order valence-electron chi connectivity index (χ0n) is 17.2. The zero-order valence-corrected chi connectivity index (χ0v) is 19.5. The fourth-order valence-electron chi connectivity index (χ4n) is 3.09. The van der Waals surface area contributed by atoms with Crippen LogP contribution in [0.3, 0.4) is 0 Å². The topological polar surface area (TPSA) is 90.8 Å². The first kappa shape index (κ1) is 25.0. The molecule has 4 aromatic rings. The van der Waals surface area contributed by atoms with Gasteiger partial charge in [0.15, 0.2) is 5.76 Å². The molecule has 0 aliphatic heterocycles. The van der Waals surface area contributed by atoms with Crippen LogP contribution in [0.4, 0.5) is 23.5 Å². The van der Waals surface area contributed by atoms with Crippen molar-refractivity contribution in [1.29, 1.82) is 0 Å². The maximum absolute atomic E-state index is 13.3. The summed E-state index contributed by atoms with van der Waals surface area (Å²) >= 11 is 17.5. The molecule has 8 nitrogen and oxygen atoms in total. The van der Waals surface area contributed by atoms with Crippen molar-refractivity contribution in [2.75, 3.05) is 5.32 Å². The lowest BCUT2D eigenvalue weighted by molar-refractivity contribution is 0.0993. The molecule has 3 heterocycles. The number of benzene rings is 1. The number of furan rings is 1. The van der Waals surface area contributed by atoms with Gasteiger partial charge in [0.2, 0.25) is 5.95 Å². The first-order chi connectivity index (χ1) is 16.6. The lowest BCUT2D eigenvalue weighted by Crippen LogP contribution is -2.13. The first-order valence-electron chi connectivity index (χ1n) is 9.68. The summed E-state index contributed by atoms with van der Waals surface area (Å²) in [6, 6.07) is 7.67. The molecule has 184 valence electrons. The molecular formula is C20H13Cl3F4N6O2. The van der Waals surface area contributed by atoms with E-state index in [0.717, 1.165) is 5.56 Å². The highest BCUT2D eigenvalue weighted by Gasteiger charge is 2.28. The Hall–Kier alpha value is -3.09. The monoisotopic (exact) mass is 550 g/mol. The van der Waals surface area contributed by atoms with Gasteiger partial charge in [0.05, 0.1) is 28.2 Å². The van der Waals surface area contributed by atoms with Crippen LogP contribution in [0.25, 0.3) is 0 Å². The number of nitrogens with zero attached hydrogens (tertiary/aromatic N) is 5. The Morgan fingerprint density at radius 2 is 1.77 bits per heavy atom. The van der Waals surface area contributed by atoms with E-state index in [1.54, 1.807) is 18.2 Å². The molecular weight excluding hydrogens is 539 g/mol. The average Bonchev–Trinajstić information content (AvgIpc) is 3.50. The highest BCUT2D eigenvalue weighted by Crippen LogP contribution is 2.35. The molecule has 0 bridgehead atoms. The van der Waals surface area contributed by atoms with Crippen LogP contribution in [0.5, 0.6) is 0 Å². The predicted octanol–water partition coefficient (Wildman–Crippen LogP) is 6.25. The third-order valence-corrected chi connectivity index (χ3v) is 5.78. The van der Waals surface area contributed by atoms with Crippen LogP contribution in [0.15, 0.2) is 41.1 Å². The molecule has 0 atom stereocenters. The molecule has 0 aliphatic rings. The maximum Gasteiger partial charge on any atom is 0.293 e. The van der Waals surface area contributed by atoms with Crippen molar-refractivity contribution in [1.82, 2.24) is 24.5 Å². The lowest BCUT2D eigenvalue weighted by atomic mass is 10.2. The van der Waals surface area contributed by atoms with Gasteiger partial charge in [-0.1, -0.05) is 40.9 Å². The van der Waals surface area contributed by atoms with Crippen LogP contribution < -0.4 is 5.32 Å². The summed E-state index contributed by atoms with van der Waals surface area (Å²) in [5.41, 5.74) is -1.04. The second-order valence-corrected chi connectivity index (χ2v) is 8.27. The Bertz CT molecular complexity index is 1370. The number of carbonyl (C=O) groups excluding carboxylic acids is 1. The van der Waals surface area contributed by atoms with E-state index >= 15 is 0 Å². The fourth-order valence-corrected chi connectivity index (χ4v) is 3.71. The molecule has 15 heteroatoms. The summed E-state index contributed by atoms with van der Waals surface area (Å²) in [5, 5.41) is 9.99. The molecule has 1 aromatic carbocycles. The van der Waals surface area contributed by atoms with Crippen molar-refractivity contribution in [2.24, 2.45) is 0 Å². The van der Waals surface area contributed by atoms with Gasteiger partial charge in [0.1, 0.15) is 23.5 Å². The number of rotatable bonds is 8. The summed E-state index contributed by atoms with van der Waals surface area (Å²) in [6.07, 6.45) is -4.90. The van der Waals surface area contributed by atoms with Crippen molar-refractivity contribution >= 4 is 46.7 Å². The van der Waals surface area contributed by atoms with E-state index in [4.69, 9.17) is 39.2 Å². The zero-order chi connectivity index (χ0) is 25.3. The third-order valence-electron chi connectivity index (χ3n) is 4.65. The van der Waals surface area contributed by atoms with Crippen LogP contribution in [-0.4, -0.2) is 30.5 Å². The van der Waals surface area contributed by atoms with Crippen LogP contribution in [0, 0.1) is 0 Å². The fraction of sp³-hybridized carbons (Fsp3) is 0.200. The van der Waals surface area contributed by atoms with Gasteiger partial charge in [-0.25, -0.2) is 27.2 Å². The Kier molecular flexibility index (Phi) is 7.33. The molecule has 0 saturated heterocycles. The highest BCUT2D eigenvalue weighted by molar-refractivity contribution is 6.42. The number of hydrogen-bond donors (Lipinski definition) is 1. The first-order valence-corrected chi connectivity index (χ1v) is 10.8. The van der Waals surface area contributed by atoms with E-state index in [1.807, 2.05) is 0 Å². The van der Waals surface area contributed by atoms with Gasteiger partial charge in [0, 0.05) is 0 Å². The number of halogens is 7. The number of amides is 1. The second-order valence-electron chi connectivity index (χ2n) is 7.08. The minimum atomic E-state index is -3.15. The summed E-state index contributed by atoms with van der Waals surface area (Å²) in [6.45, 7) is -0.139.